The second-order valence-corrected chi connectivity index (χ2v) is 6.91. The van der Waals surface area contributed by atoms with E-state index in [2.05, 4.69) is 28.3 Å². The first-order valence-electron chi connectivity index (χ1n) is 6.98. The lowest BCUT2D eigenvalue weighted by Crippen LogP contribution is -2.26. The molecule has 1 atom stereocenters. The van der Waals surface area contributed by atoms with Gasteiger partial charge in [-0.2, -0.15) is 0 Å². The maximum Gasteiger partial charge on any atom is 0.225 e. The van der Waals surface area contributed by atoms with Crippen molar-refractivity contribution < 1.29 is 9.47 Å². The number of hydrogen-bond acceptors (Lipinski definition) is 6. The van der Waals surface area contributed by atoms with Crippen LogP contribution in [0, 0.1) is 0 Å². The van der Waals surface area contributed by atoms with Crippen LogP contribution in [0.5, 0.6) is 0 Å². The Morgan fingerprint density at radius 2 is 2.29 bits per heavy atom. The number of ether oxygens (including phenoxy) is 2. The van der Waals surface area contributed by atoms with Crippen LogP contribution in [0.3, 0.4) is 0 Å². The Bertz CT molecular complexity index is 659. The van der Waals surface area contributed by atoms with Crippen LogP contribution in [0.4, 0.5) is 5.82 Å². The Kier molecular flexibility index (Phi) is 4.05. The van der Waals surface area contributed by atoms with Crippen LogP contribution in [0.25, 0.3) is 10.2 Å². The third kappa shape index (κ3) is 3.29. The van der Waals surface area contributed by atoms with Gasteiger partial charge in [0, 0.05) is 11.4 Å². The molecule has 1 N–H and O–H groups in total. The third-order valence-corrected chi connectivity index (χ3v) is 4.67. The summed E-state index contributed by atoms with van der Waals surface area (Å²) in [5.74, 6) is 0.247. The van der Waals surface area contributed by atoms with Crippen molar-refractivity contribution in [3.8, 4) is 0 Å². The van der Waals surface area contributed by atoms with Crippen LogP contribution in [-0.2, 0) is 15.9 Å². The number of anilines is 1. The zero-order chi connectivity index (χ0) is 15.0. The molecule has 1 aliphatic rings. The minimum absolute atomic E-state index is 0.00747. The number of rotatable bonds is 4. The summed E-state index contributed by atoms with van der Waals surface area (Å²) >= 11 is 7.66. The average molecular weight is 328 g/mol. The smallest absolute Gasteiger partial charge is 0.225 e. The predicted octanol–water partition coefficient (Wildman–Crippen LogP) is 3.47. The molecule has 0 aliphatic carbocycles. The summed E-state index contributed by atoms with van der Waals surface area (Å²) < 4.78 is 11.3. The van der Waals surface area contributed by atoms with Crippen molar-refractivity contribution in [3.05, 3.63) is 16.2 Å². The zero-order valence-corrected chi connectivity index (χ0v) is 13.8. The maximum absolute atomic E-state index is 6.01. The molecule has 0 radical (unpaired) electrons. The van der Waals surface area contributed by atoms with E-state index >= 15 is 0 Å². The molecule has 114 valence electrons. The Hall–Kier alpha value is -0.950. The molecule has 3 rings (SSSR count). The van der Waals surface area contributed by atoms with E-state index in [1.807, 2.05) is 13.8 Å². The Balaban J connectivity index is 1.78. The van der Waals surface area contributed by atoms with Gasteiger partial charge >= 0.3 is 0 Å². The summed E-state index contributed by atoms with van der Waals surface area (Å²) in [7, 11) is 0. The molecule has 1 aliphatic heterocycles. The molecular formula is C14H18ClN3O2S. The number of aryl methyl sites for hydroxylation is 1. The molecular weight excluding hydrogens is 310 g/mol. The highest BCUT2D eigenvalue weighted by Crippen LogP contribution is 2.30. The summed E-state index contributed by atoms with van der Waals surface area (Å²) in [5.41, 5.74) is 0. The standard InChI is InChI=1S/C14H18ClN3O2S/c1-4-9-5-10-11(17-13(15)18-12(10)21-9)16-6-8-7-19-14(2,3)20-8/h5,8H,4,6-7H2,1-3H3,(H,16,17,18). The Morgan fingerprint density at radius 3 is 2.95 bits per heavy atom. The summed E-state index contributed by atoms with van der Waals surface area (Å²) in [6, 6.07) is 2.12. The average Bonchev–Trinajstić information content (AvgIpc) is 2.98. The van der Waals surface area contributed by atoms with Gasteiger partial charge in [0.25, 0.3) is 0 Å². The van der Waals surface area contributed by atoms with Crippen LogP contribution in [0.1, 0.15) is 25.6 Å². The molecule has 21 heavy (non-hydrogen) atoms. The van der Waals surface area contributed by atoms with E-state index in [9.17, 15) is 0 Å². The second-order valence-electron chi connectivity index (χ2n) is 5.46. The fraction of sp³-hybridized carbons (Fsp3) is 0.571. The number of halogens is 1. The number of nitrogens with zero attached hydrogens (tertiary/aromatic N) is 2. The zero-order valence-electron chi connectivity index (χ0n) is 12.3. The first-order chi connectivity index (χ1) is 9.97. The van der Waals surface area contributed by atoms with Crippen molar-refractivity contribution in [2.24, 2.45) is 0 Å². The predicted molar refractivity (Wildman–Crippen MR) is 85.2 cm³/mol. The highest BCUT2D eigenvalue weighted by molar-refractivity contribution is 7.18. The highest BCUT2D eigenvalue weighted by Gasteiger charge is 2.32. The quantitative estimate of drug-likeness (QED) is 0.871. The van der Waals surface area contributed by atoms with Gasteiger partial charge in [0.2, 0.25) is 5.28 Å². The molecule has 1 fully saturated rings. The molecule has 2 aromatic heterocycles. The van der Waals surface area contributed by atoms with E-state index in [1.165, 1.54) is 4.88 Å². The lowest BCUT2D eigenvalue weighted by molar-refractivity contribution is -0.136. The molecule has 5 nitrogen and oxygen atoms in total. The summed E-state index contributed by atoms with van der Waals surface area (Å²) in [6.07, 6.45) is 0.986. The van der Waals surface area contributed by atoms with Crippen molar-refractivity contribution in [1.29, 1.82) is 0 Å². The van der Waals surface area contributed by atoms with E-state index in [0.29, 0.717) is 13.2 Å². The Labute approximate surface area is 132 Å². The van der Waals surface area contributed by atoms with Gasteiger partial charge in [-0.25, -0.2) is 9.97 Å². The van der Waals surface area contributed by atoms with Gasteiger partial charge in [-0.15, -0.1) is 11.3 Å². The van der Waals surface area contributed by atoms with Crippen LogP contribution >= 0.6 is 22.9 Å². The van der Waals surface area contributed by atoms with Gasteiger partial charge in [-0.1, -0.05) is 6.92 Å². The number of aromatic nitrogens is 2. The number of fused-ring (bicyclic) bond motifs is 1. The molecule has 3 heterocycles. The monoisotopic (exact) mass is 327 g/mol. The van der Waals surface area contributed by atoms with Crippen molar-refractivity contribution in [3.63, 3.8) is 0 Å². The van der Waals surface area contributed by atoms with Crippen molar-refractivity contribution in [2.45, 2.75) is 39.1 Å². The first kappa shape index (κ1) is 15.0. The number of hydrogen-bond donors (Lipinski definition) is 1. The maximum atomic E-state index is 6.01. The molecule has 7 heteroatoms. The topological polar surface area (TPSA) is 56.3 Å². The molecule has 0 bridgehead atoms. The summed E-state index contributed by atoms with van der Waals surface area (Å²) in [6.45, 7) is 7.16. The SMILES string of the molecule is CCc1cc2c(NCC3COC(C)(C)O3)nc(Cl)nc2s1. The fourth-order valence-electron chi connectivity index (χ4n) is 2.33. The molecule has 0 amide bonds. The summed E-state index contributed by atoms with van der Waals surface area (Å²) in [4.78, 5) is 10.8. The van der Waals surface area contributed by atoms with Gasteiger partial charge in [-0.05, 0) is 37.9 Å². The van der Waals surface area contributed by atoms with Crippen LogP contribution in [0.2, 0.25) is 5.28 Å². The lowest BCUT2D eigenvalue weighted by atomic mass is 10.3. The molecule has 1 saturated heterocycles. The van der Waals surface area contributed by atoms with E-state index in [4.69, 9.17) is 21.1 Å². The number of thiophene rings is 1. The minimum atomic E-state index is -0.511. The van der Waals surface area contributed by atoms with Crippen molar-refractivity contribution >= 4 is 39.0 Å². The van der Waals surface area contributed by atoms with Gasteiger partial charge in [0.05, 0.1) is 12.0 Å². The van der Waals surface area contributed by atoms with Gasteiger partial charge < -0.3 is 14.8 Å². The van der Waals surface area contributed by atoms with E-state index < -0.39 is 5.79 Å². The molecule has 1 unspecified atom stereocenters. The third-order valence-electron chi connectivity index (χ3n) is 3.33. The lowest BCUT2D eigenvalue weighted by Gasteiger charge is -2.17. The van der Waals surface area contributed by atoms with Gasteiger partial charge in [-0.3, -0.25) is 0 Å². The number of nitrogens with one attached hydrogen (secondary N) is 1. The minimum Gasteiger partial charge on any atom is -0.367 e. The molecule has 0 aromatic carbocycles. The fourth-order valence-corrected chi connectivity index (χ4v) is 3.51. The van der Waals surface area contributed by atoms with Gasteiger partial charge in [0.1, 0.15) is 16.8 Å². The second kappa shape index (κ2) is 5.68. The normalized spacial score (nSPS) is 21.0. The highest BCUT2D eigenvalue weighted by atomic mass is 35.5. The largest absolute Gasteiger partial charge is 0.367 e. The van der Waals surface area contributed by atoms with Crippen molar-refractivity contribution in [2.75, 3.05) is 18.5 Å². The van der Waals surface area contributed by atoms with Crippen LogP contribution in [-0.4, -0.2) is 35.0 Å². The Morgan fingerprint density at radius 1 is 1.48 bits per heavy atom. The van der Waals surface area contributed by atoms with Gasteiger partial charge in [0.15, 0.2) is 5.79 Å². The van der Waals surface area contributed by atoms with E-state index in [-0.39, 0.29) is 11.4 Å². The van der Waals surface area contributed by atoms with Crippen LogP contribution in [0.15, 0.2) is 6.07 Å². The van der Waals surface area contributed by atoms with Crippen molar-refractivity contribution in [1.82, 2.24) is 9.97 Å². The molecule has 0 saturated carbocycles. The molecule has 0 spiro atoms. The summed E-state index contributed by atoms with van der Waals surface area (Å²) in [5, 5.41) is 4.59. The molecule has 2 aromatic rings. The van der Waals surface area contributed by atoms with E-state index in [0.717, 1.165) is 22.5 Å². The van der Waals surface area contributed by atoms with E-state index in [1.54, 1.807) is 11.3 Å². The van der Waals surface area contributed by atoms with Crippen LogP contribution < -0.4 is 5.32 Å². The first-order valence-corrected chi connectivity index (χ1v) is 8.18.